The normalized spacial score (nSPS) is 44.1. The monoisotopic (exact) mass is 224 g/mol. The van der Waals surface area contributed by atoms with Crippen molar-refractivity contribution in [3.05, 3.63) is 0 Å². The van der Waals surface area contributed by atoms with Gasteiger partial charge in [0.2, 0.25) is 0 Å². The lowest BCUT2D eigenvalue weighted by Gasteiger charge is -2.33. The van der Waals surface area contributed by atoms with Crippen LogP contribution in [0.1, 0.15) is 52.4 Å². The molecule has 3 N–H and O–H groups in total. The molecule has 0 heterocycles. The zero-order chi connectivity index (χ0) is 11.6. The number of nitrogens with two attached hydrogens (primary N) is 1. The maximum atomic E-state index is 6.03. The lowest BCUT2D eigenvalue weighted by atomic mass is 9.89. The Balaban J connectivity index is 1.84. The van der Waals surface area contributed by atoms with Crippen LogP contribution >= 0.6 is 0 Å². The molecule has 2 aliphatic rings. The van der Waals surface area contributed by atoms with Gasteiger partial charge in [-0.25, -0.2) is 0 Å². The zero-order valence-electron chi connectivity index (χ0n) is 11.0. The summed E-state index contributed by atoms with van der Waals surface area (Å²) in [6.45, 7) is 6.76. The second-order valence-corrected chi connectivity index (χ2v) is 6.37. The van der Waals surface area contributed by atoms with Gasteiger partial charge < -0.3 is 11.1 Å². The summed E-state index contributed by atoms with van der Waals surface area (Å²) in [5.74, 6) is 2.78. The van der Waals surface area contributed by atoms with E-state index in [2.05, 4.69) is 19.2 Å². The Morgan fingerprint density at radius 2 is 2.00 bits per heavy atom. The summed E-state index contributed by atoms with van der Waals surface area (Å²) in [4.78, 5) is 0. The Bertz CT molecular complexity index is 229. The van der Waals surface area contributed by atoms with Crippen LogP contribution in [0.3, 0.4) is 0 Å². The average molecular weight is 224 g/mol. The maximum Gasteiger partial charge on any atom is 0.0304 e. The molecule has 2 fully saturated rings. The lowest BCUT2D eigenvalue weighted by Crippen LogP contribution is -2.51. The molecule has 0 spiro atoms. The molecule has 0 aromatic carbocycles. The minimum Gasteiger partial charge on any atom is -0.329 e. The second kappa shape index (κ2) is 5.05. The van der Waals surface area contributed by atoms with Gasteiger partial charge in [-0.1, -0.05) is 26.7 Å². The number of rotatable bonds is 4. The molecule has 4 unspecified atom stereocenters. The van der Waals surface area contributed by atoms with E-state index in [1.165, 1.54) is 45.1 Å². The summed E-state index contributed by atoms with van der Waals surface area (Å²) >= 11 is 0. The minimum atomic E-state index is 0.271. The molecule has 0 radical (unpaired) electrons. The van der Waals surface area contributed by atoms with Crippen molar-refractivity contribution >= 4 is 0 Å². The first-order valence-electron chi connectivity index (χ1n) is 7.10. The Labute approximate surface area is 100 Å². The third kappa shape index (κ3) is 2.98. The quantitative estimate of drug-likeness (QED) is 0.720. The molecule has 2 nitrogen and oxygen atoms in total. The predicted octanol–water partition coefficient (Wildman–Crippen LogP) is 2.53. The van der Waals surface area contributed by atoms with Crippen LogP contribution in [-0.2, 0) is 0 Å². The van der Waals surface area contributed by atoms with Crippen LogP contribution in [0, 0.1) is 17.8 Å². The highest BCUT2D eigenvalue weighted by Crippen LogP contribution is 2.38. The highest BCUT2D eigenvalue weighted by molar-refractivity contribution is 4.94. The maximum absolute atomic E-state index is 6.03. The smallest absolute Gasteiger partial charge is 0.0304 e. The molecule has 16 heavy (non-hydrogen) atoms. The largest absolute Gasteiger partial charge is 0.329 e. The van der Waals surface area contributed by atoms with Gasteiger partial charge in [-0.3, -0.25) is 0 Å². The molecule has 0 aromatic heterocycles. The first-order valence-corrected chi connectivity index (χ1v) is 7.10. The molecule has 2 aliphatic carbocycles. The van der Waals surface area contributed by atoms with Gasteiger partial charge in [0.15, 0.2) is 0 Å². The van der Waals surface area contributed by atoms with E-state index >= 15 is 0 Å². The fourth-order valence-corrected chi connectivity index (χ4v) is 3.07. The van der Waals surface area contributed by atoms with Crippen LogP contribution in [0.4, 0.5) is 0 Å². The third-order valence-electron chi connectivity index (χ3n) is 4.87. The molecule has 2 heteroatoms. The molecule has 2 saturated carbocycles. The average Bonchev–Trinajstić information content (AvgIpc) is 3.00. The van der Waals surface area contributed by atoms with Gasteiger partial charge >= 0.3 is 0 Å². The van der Waals surface area contributed by atoms with Crippen LogP contribution in [0.15, 0.2) is 0 Å². The number of hydrogen-bond acceptors (Lipinski definition) is 2. The van der Waals surface area contributed by atoms with E-state index in [4.69, 9.17) is 5.73 Å². The highest BCUT2D eigenvalue weighted by atomic mass is 15.0. The van der Waals surface area contributed by atoms with E-state index in [-0.39, 0.29) is 5.54 Å². The molecule has 0 saturated heterocycles. The van der Waals surface area contributed by atoms with Crippen LogP contribution in [0.2, 0.25) is 0 Å². The van der Waals surface area contributed by atoms with E-state index in [9.17, 15) is 0 Å². The summed E-state index contributed by atoms with van der Waals surface area (Å²) in [7, 11) is 0. The topological polar surface area (TPSA) is 38.0 Å². The molecule has 0 aliphatic heterocycles. The van der Waals surface area contributed by atoms with Crippen LogP contribution in [0.5, 0.6) is 0 Å². The van der Waals surface area contributed by atoms with Gasteiger partial charge in [0.25, 0.3) is 0 Å². The summed E-state index contributed by atoms with van der Waals surface area (Å²) in [6.07, 6.45) is 8.09. The highest BCUT2D eigenvalue weighted by Gasteiger charge is 2.36. The number of nitrogens with one attached hydrogen (secondary N) is 1. The Kier molecular flexibility index (Phi) is 3.91. The van der Waals surface area contributed by atoms with Crippen molar-refractivity contribution < 1.29 is 0 Å². The van der Waals surface area contributed by atoms with E-state index < -0.39 is 0 Å². The Morgan fingerprint density at radius 1 is 1.25 bits per heavy atom. The second-order valence-electron chi connectivity index (χ2n) is 6.37. The van der Waals surface area contributed by atoms with E-state index in [0.29, 0.717) is 0 Å². The summed E-state index contributed by atoms with van der Waals surface area (Å²) in [6, 6.07) is 0. The van der Waals surface area contributed by atoms with Crippen molar-refractivity contribution in [2.45, 2.75) is 57.9 Å². The summed E-state index contributed by atoms with van der Waals surface area (Å²) < 4.78 is 0. The minimum absolute atomic E-state index is 0.271. The fourth-order valence-electron chi connectivity index (χ4n) is 3.07. The molecule has 0 amide bonds. The van der Waals surface area contributed by atoms with Gasteiger partial charge in [-0.15, -0.1) is 0 Å². The zero-order valence-corrected chi connectivity index (χ0v) is 11.0. The standard InChI is InChI=1S/C14H28N2/c1-11-4-3-6-14(10-15,7-5-11)16-9-13-8-12(13)2/h11-13,16H,3-10,15H2,1-2H3. The van der Waals surface area contributed by atoms with Crippen LogP contribution in [0.25, 0.3) is 0 Å². The van der Waals surface area contributed by atoms with Crippen LogP contribution in [-0.4, -0.2) is 18.6 Å². The van der Waals surface area contributed by atoms with Crippen LogP contribution < -0.4 is 11.1 Å². The first kappa shape index (κ1) is 12.4. The van der Waals surface area contributed by atoms with Crippen molar-refractivity contribution in [2.75, 3.05) is 13.1 Å². The fraction of sp³-hybridized carbons (Fsp3) is 1.00. The van der Waals surface area contributed by atoms with E-state index in [0.717, 1.165) is 24.3 Å². The van der Waals surface area contributed by atoms with Gasteiger partial charge in [-0.2, -0.15) is 0 Å². The molecular weight excluding hydrogens is 196 g/mol. The Hall–Kier alpha value is -0.0800. The van der Waals surface area contributed by atoms with E-state index in [1.807, 2.05) is 0 Å². The van der Waals surface area contributed by atoms with Gasteiger partial charge in [-0.05, 0) is 50.0 Å². The van der Waals surface area contributed by atoms with Crippen molar-refractivity contribution in [1.29, 1.82) is 0 Å². The van der Waals surface area contributed by atoms with Crippen molar-refractivity contribution in [1.82, 2.24) is 5.32 Å². The van der Waals surface area contributed by atoms with Crippen molar-refractivity contribution in [2.24, 2.45) is 23.5 Å². The molecule has 0 aromatic rings. The molecule has 2 rings (SSSR count). The molecular formula is C14H28N2. The summed E-state index contributed by atoms with van der Waals surface area (Å²) in [5.41, 5.74) is 6.30. The number of hydrogen-bond donors (Lipinski definition) is 2. The van der Waals surface area contributed by atoms with Gasteiger partial charge in [0.1, 0.15) is 0 Å². The first-order chi connectivity index (χ1) is 7.65. The van der Waals surface area contributed by atoms with Crippen molar-refractivity contribution in [3.63, 3.8) is 0 Å². The third-order valence-corrected chi connectivity index (χ3v) is 4.87. The summed E-state index contributed by atoms with van der Waals surface area (Å²) in [5, 5.41) is 3.81. The van der Waals surface area contributed by atoms with Crippen molar-refractivity contribution in [3.8, 4) is 0 Å². The molecule has 94 valence electrons. The van der Waals surface area contributed by atoms with E-state index in [1.54, 1.807) is 0 Å². The predicted molar refractivity (Wildman–Crippen MR) is 69.3 cm³/mol. The Morgan fingerprint density at radius 3 is 2.62 bits per heavy atom. The SMILES string of the molecule is CC1CCCC(CN)(NCC2CC2C)CC1. The van der Waals surface area contributed by atoms with Gasteiger partial charge in [0, 0.05) is 12.1 Å². The molecule has 0 bridgehead atoms. The lowest BCUT2D eigenvalue weighted by molar-refractivity contribution is 0.284. The van der Waals surface area contributed by atoms with Gasteiger partial charge in [0.05, 0.1) is 0 Å². The molecule has 4 atom stereocenters.